The molecule has 0 amide bonds. The lowest BCUT2D eigenvalue weighted by atomic mass is 9.72. The first-order valence-electron chi connectivity index (χ1n) is 6.58. The van der Waals surface area contributed by atoms with Crippen LogP contribution in [-0.2, 0) is 4.79 Å². The van der Waals surface area contributed by atoms with Crippen LogP contribution in [0.3, 0.4) is 0 Å². The third-order valence-electron chi connectivity index (χ3n) is 4.49. The van der Waals surface area contributed by atoms with Gasteiger partial charge in [0.15, 0.2) is 0 Å². The van der Waals surface area contributed by atoms with Crippen LogP contribution in [0.25, 0.3) is 0 Å². The molecule has 1 aliphatic heterocycles. The van der Waals surface area contributed by atoms with Gasteiger partial charge in [-0.15, -0.1) is 0 Å². The summed E-state index contributed by atoms with van der Waals surface area (Å²) in [5.41, 5.74) is 0. The van der Waals surface area contributed by atoms with Crippen molar-refractivity contribution < 1.29 is 9.90 Å². The summed E-state index contributed by atoms with van der Waals surface area (Å²) in [7, 11) is 2.18. The van der Waals surface area contributed by atoms with E-state index in [1.807, 2.05) is 0 Å². The van der Waals surface area contributed by atoms with E-state index in [4.69, 9.17) is 5.11 Å². The summed E-state index contributed by atoms with van der Waals surface area (Å²) < 4.78 is 0. The minimum atomic E-state index is -0.572. The van der Waals surface area contributed by atoms with Crippen molar-refractivity contribution in [3.05, 3.63) is 0 Å². The van der Waals surface area contributed by atoms with Gasteiger partial charge in [-0.2, -0.15) is 0 Å². The molecule has 1 aliphatic carbocycles. The van der Waals surface area contributed by atoms with E-state index in [1.54, 1.807) is 0 Å². The Hall–Kier alpha value is -0.570. The highest BCUT2D eigenvalue weighted by Gasteiger charge is 2.32. The fourth-order valence-corrected chi connectivity index (χ4v) is 3.38. The summed E-state index contributed by atoms with van der Waals surface area (Å²) in [5, 5.41) is 9.09. The van der Waals surface area contributed by atoms with E-state index in [2.05, 4.69) is 11.9 Å². The molecule has 0 aromatic carbocycles. The SMILES string of the molecule is CN1CCC(C2CCCC(C(=O)O)C2)CC1. The van der Waals surface area contributed by atoms with Crippen molar-refractivity contribution in [1.29, 1.82) is 0 Å². The highest BCUT2D eigenvalue weighted by Crippen LogP contribution is 2.38. The van der Waals surface area contributed by atoms with E-state index in [9.17, 15) is 4.79 Å². The maximum atomic E-state index is 11.0. The van der Waals surface area contributed by atoms with Crippen molar-refractivity contribution in [1.82, 2.24) is 4.90 Å². The predicted molar refractivity (Wildman–Crippen MR) is 63.3 cm³/mol. The molecule has 0 spiro atoms. The lowest BCUT2D eigenvalue weighted by Crippen LogP contribution is -2.35. The number of carboxylic acid groups (broad SMARTS) is 1. The van der Waals surface area contributed by atoms with Gasteiger partial charge in [-0.1, -0.05) is 12.8 Å². The molecule has 0 radical (unpaired) electrons. The maximum absolute atomic E-state index is 11.0. The van der Waals surface area contributed by atoms with Crippen molar-refractivity contribution in [2.45, 2.75) is 38.5 Å². The molecule has 0 aromatic heterocycles. The average Bonchev–Trinajstić information content (AvgIpc) is 2.30. The van der Waals surface area contributed by atoms with Crippen LogP contribution in [0, 0.1) is 17.8 Å². The average molecular weight is 225 g/mol. The number of likely N-dealkylation sites (tertiary alicyclic amines) is 1. The molecule has 2 atom stereocenters. The van der Waals surface area contributed by atoms with E-state index in [-0.39, 0.29) is 5.92 Å². The van der Waals surface area contributed by atoms with E-state index in [0.29, 0.717) is 5.92 Å². The van der Waals surface area contributed by atoms with Gasteiger partial charge in [-0.25, -0.2) is 0 Å². The van der Waals surface area contributed by atoms with Crippen LogP contribution in [0.1, 0.15) is 38.5 Å². The maximum Gasteiger partial charge on any atom is 0.306 e. The van der Waals surface area contributed by atoms with Crippen molar-refractivity contribution >= 4 is 5.97 Å². The van der Waals surface area contributed by atoms with Crippen LogP contribution >= 0.6 is 0 Å². The third kappa shape index (κ3) is 2.76. The molecule has 2 unspecified atom stereocenters. The summed E-state index contributed by atoms with van der Waals surface area (Å²) in [5.74, 6) is 0.845. The molecule has 92 valence electrons. The Morgan fingerprint density at radius 1 is 1.12 bits per heavy atom. The molecule has 1 N–H and O–H groups in total. The number of rotatable bonds is 2. The second kappa shape index (κ2) is 5.17. The van der Waals surface area contributed by atoms with Crippen LogP contribution in [0.15, 0.2) is 0 Å². The first kappa shape index (κ1) is 11.9. The number of nitrogens with zero attached hydrogens (tertiary/aromatic N) is 1. The zero-order valence-electron chi connectivity index (χ0n) is 10.2. The van der Waals surface area contributed by atoms with Gasteiger partial charge >= 0.3 is 5.97 Å². The Balaban J connectivity index is 1.87. The Labute approximate surface area is 97.8 Å². The van der Waals surface area contributed by atoms with Gasteiger partial charge in [-0.3, -0.25) is 4.79 Å². The highest BCUT2D eigenvalue weighted by atomic mass is 16.4. The summed E-state index contributed by atoms with van der Waals surface area (Å²) in [4.78, 5) is 13.4. The summed E-state index contributed by atoms with van der Waals surface area (Å²) in [6, 6.07) is 0. The molecule has 2 rings (SSSR count). The Kier molecular flexibility index (Phi) is 3.85. The standard InChI is InChI=1S/C13H23NO2/c1-14-7-5-10(6-8-14)11-3-2-4-12(9-11)13(15)16/h10-12H,2-9H2,1H3,(H,15,16). The number of carbonyl (C=O) groups is 1. The summed E-state index contributed by atoms with van der Waals surface area (Å²) in [6.07, 6.45) is 6.76. The van der Waals surface area contributed by atoms with Crippen LogP contribution in [-0.4, -0.2) is 36.1 Å². The minimum absolute atomic E-state index is 0.0570. The van der Waals surface area contributed by atoms with Gasteiger partial charge in [0, 0.05) is 0 Å². The second-order valence-electron chi connectivity index (χ2n) is 5.60. The molecule has 16 heavy (non-hydrogen) atoms. The molecule has 2 aliphatic rings. The highest BCUT2D eigenvalue weighted by molar-refractivity contribution is 5.70. The lowest BCUT2D eigenvalue weighted by Gasteiger charge is -2.37. The van der Waals surface area contributed by atoms with Crippen LogP contribution < -0.4 is 0 Å². The van der Waals surface area contributed by atoms with Crippen LogP contribution in [0.5, 0.6) is 0 Å². The number of hydrogen-bond acceptors (Lipinski definition) is 2. The predicted octanol–water partition coefficient (Wildman–Crippen LogP) is 2.22. The van der Waals surface area contributed by atoms with Crippen molar-refractivity contribution in [3.63, 3.8) is 0 Å². The Bertz CT molecular complexity index is 246. The van der Waals surface area contributed by atoms with Gasteiger partial charge in [0.2, 0.25) is 0 Å². The largest absolute Gasteiger partial charge is 0.481 e. The smallest absolute Gasteiger partial charge is 0.306 e. The molecule has 1 heterocycles. The van der Waals surface area contributed by atoms with Crippen LogP contribution in [0.2, 0.25) is 0 Å². The normalized spacial score (nSPS) is 33.8. The molecule has 3 heteroatoms. The molecule has 3 nitrogen and oxygen atoms in total. The third-order valence-corrected chi connectivity index (χ3v) is 4.49. The van der Waals surface area contributed by atoms with Gasteiger partial charge in [0.1, 0.15) is 0 Å². The first-order chi connectivity index (χ1) is 7.66. The zero-order valence-corrected chi connectivity index (χ0v) is 10.2. The van der Waals surface area contributed by atoms with E-state index >= 15 is 0 Å². The van der Waals surface area contributed by atoms with E-state index in [0.717, 1.165) is 25.2 Å². The molecule has 2 fully saturated rings. The second-order valence-corrected chi connectivity index (χ2v) is 5.60. The zero-order chi connectivity index (χ0) is 11.5. The van der Waals surface area contributed by atoms with Crippen LogP contribution in [0.4, 0.5) is 0 Å². The quantitative estimate of drug-likeness (QED) is 0.783. The molecule has 1 saturated heterocycles. The monoisotopic (exact) mass is 225 g/mol. The van der Waals surface area contributed by atoms with Gasteiger partial charge in [0.25, 0.3) is 0 Å². The Morgan fingerprint density at radius 3 is 2.44 bits per heavy atom. The Morgan fingerprint density at radius 2 is 1.81 bits per heavy atom. The van der Waals surface area contributed by atoms with Gasteiger partial charge in [-0.05, 0) is 57.7 Å². The molecular formula is C13H23NO2. The number of carboxylic acids is 1. The number of hydrogen-bond donors (Lipinski definition) is 1. The van der Waals surface area contributed by atoms with Gasteiger partial charge < -0.3 is 10.0 Å². The summed E-state index contributed by atoms with van der Waals surface area (Å²) in [6.45, 7) is 2.39. The van der Waals surface area contributed by atoms with E-state index < -0.39 is 5.97 Å². The number of aliphatic carboxylic acids is 1. The molecular weight excluding hydrogens is 202 g/mol. The fourth-order valence-electron chi connectivity index (χ4n) is 3.38. The first-order valence-corrected chi connectivity index (χ1v) is 6.58. The van der Waals surface area contributed by atoms with E-state index in [1.165, 1.54) is 32.4 Å². The van der Waals surface area contributed by atoms with Crippen molar-refractivity contribution in [2.75, 3.05) is 20.1 Å². The number of piperidine rings is 1. The van der Waals surface area contributed by atoms with Gasteiger partial charge in [0.05, 0.1) is 5.92 Å². The molecule has 0 aromatic rings. The fraction of sp³-hybridized carbons (Fsp3) is 0.923. The molecule has 1 saturated carbocycles. The summed E-state index contributed by atoms with van der Waals surface area (Å²) >= 11 is 0. The molecule has 0 bridgehead atoms. The lowest BCUT2D eigenvalue weighted by molar-refractivity contribution is -0.143. The topological polar surface area (TPSA) is 40.5 Å². The minimum Gasteiger partial charge on any atom is -0.481 e. The van der Waals surface area contributed by atoms with Crippen molar-refractivity contribution in [2.24, 2.45) is 17.8 Å². The van der Waals surface area contributed by atoms with Crippen molar-refractivity contribution in [3.8, 4) is 0 Å².